The second-order valence-corrected chi connectivity index (χ2v) is 10.5. The number of ether oxygens (including phenoxy) is 1. The summed E-state index contributed by atoms with van der Waals surface area (Å²) in [5.74, 6) is -5.76. The number of hydrogen-bond acceptors (Lipinski definition) is 6. The molecule has 224 valence electrons. The highest BCUT2D eigenvalue weighted by Crippen LogP contribution is 2.41. The third-order valence-electron chi connectivity index (χ3n) is 6.81. The van der Waals surface area contributed by atoms with Gasteiger partial charge in [-0.05, 0) is 49.2 Å². The monoisotopic (exact) mass is 632 g/mol. The van der Waals surface area contributed by atoms with Gasteiger partial charge in [-0.3, -0.25) is 4.57 Å². The summed E-state index contributed by atoms with van der Waals surface area (Å²) in [6.07, 6.45) is -7.74. The van der Waals surface area contributed by atoms with Crippen LogP contribution in [0.1, 0.15) is 24.5 Å². The molecule has 2 aromatic carbocycles. The van der Waals surface area contributed by atoms with E-state index >= 15 is 8.78 Å². The average Bonchev–Trinajstić information content (AvgIpc) is 3.51. The van der Waals surface area contributed by atoms with Crippen LogP contribution in [0.4, 0.5) is 22.0 Å². The predicted molar refractivity (Wildman–Crippen MR) is 142 cm³/mol. The van der Waals surface area contributed by atoms with Crippen molar-refractivity contribution in [2.45, 2.75) is 44.1 Å². The maximum absolute atomic E-state index is 15.9. The van der Waals surface area contributed by atoms with Gasteiger partial charge in [0.15, 0.2) is 17.8 Å². The Balaban J connectivity index is 1.59. The van der Waals surface area contributed by atoms with Crippen LogP contribution < -0.4 is 5.69 Å². The second kappa shape index (κ2) is 11.7. The molecule has 0 radical (unpaired) electrons. The Labute approximate surface area is 245 Å². The maximum atomic E-state index is 15.9. The topological polar surface area (TPSA) is 100.0 Å². The number of alkyl halides is 5. The van der Waals surface area contributed by atoms with Crippen LogP contribution in [0.2, 0.25) is 10.0 Å². The van der Waals surface area contributed by atoms with E-state index < -0.39 is 48.7 Å². The lowest BCUT2D eigenvalue weighted by atomic mass is 9.92. The van der Waals surface area contributed by atoms with Crippen molar-refractivity contribution in [3.8, 4) is 17.1 Å². The van der Waals surface area contributed by atoms with E-state index in [1.165, 1.54) is 36.4 Å². The van der Waals surface area contributed by atoms with Crippen LogP contribution in [-0.4, -0.2) is 59.7 Å². The molecule has 1 atom stereocenters. The zero-order chi connectivity index (χ0) is 30.2. The first-order valence-corrected chi connectivity index (χ1v) is 13.5. The van der Waals surface area contributed by atoms with Gasteiger partial charge in [0.25, 0.3) is 0 Å². The first-order valence-electron chi connectivity index (χ1n) is 12.7. The zero-order valence-electron chi connectivity index (χ0n) is 21.6. The number of halogens is 7. The van der Waals surface area contributed by atoms with E-state index in [9.17, 15) is 23.1 Å². The van der Waals surface area contributed by atoms with Gasteiger partial charge >= 0.3 is 17.8 Å². The Hall–Kier alpha value is -3.33. The van der Waals surface area contributed by atoms with Crippen molar-refractivity contribution >= 4 is 23.2 Å². The SMILES string of the molecule is O=c1n(Cc2nc(C(F)(F)C3CCOCC3)n(-c3ccccc3Cl)n2)nc(-c2ccc(Cl)cc2)n1C[C@H](O)C(F)(F)F. The van der Waals surface area contributed by atoms with E-state index in [4.69, 9.17) is 27.9 Å². The van der Waals surface area contributed by atoms with E-state index in [1.807, 2.05) is 0 Å². The van der Waals surface area contributed by atoms with E-state index in [-0.39, 0.29) is 54.0 Å². The van der Waals surface area contributed by atoms with E-state index in [0.717, 1.165) is 9.36 Å². The zero-order valence-corrected chi connectivity index (χ0v) is 23.1. The minimum absolute atomic E-state index is 0.0769. The number of aliphatic hydroxyl groups excluding tert-OH is 1. The van der Waals surface area contributed by atoms with Crippen molar-refractivity contribution in [3.05, 3.63) is 80.7 Å². The van der Waals surface area contributed by atoms with Crippen LogP contribution in [0.3, 0.4) is 0 Å². The molecule has 16 heteroatoms. The van der Waals surface area contributed by atoms with Gasteiger partial charge in [-0.15, -0.1) is 10.2 Å². The standard InChI is InChI=1S/C26H23Cl2F5N6O3/c27-17-7-5-15(6-8-17)22-36-38(24(41)37(22)13-20(40)26(31,32)33)14-21-34-23(25(29,30)16-9-11-42-12-10-16)39(35-21)19-4-2-1-3-18(19)28/h1-8,16,20,40H,9-14H2/t20-/m0/s1. The normalized spacial score (nSPS) is 15.7. The van der Waals surface area contributed by atoms with E-state index in [2.05, 4.69) is 15.2 Å². The highest BCUT2D eigenvalue weighted by atomic mass is 35.5. The van der Waals surface area contributed by atoms with Crippen molar-refractivity contribution in [1.29, 1.82) is 0 Å². The summed E-state index contributed by atoms with van der Waals surface area (Å²) in [5.41, 5.74) is -0.700. The molecule has 3 heterocycles. The summed E-state index contributed by atoms with van der Waals surface area (Å²) >= 11 is 12.2. The van der Waals surface area contributed by atoms with Crippen molar-refractivity contribution < 1.29 is 31.8 Å². The lowest BCUT2D eigenvalue weighted by Crippen LogP contribution is -2.37. The molecule has 1 saturated heterocycles. The van der Waals surface area contributed by atoms with Crippen molar-refractivity contribution in [1.82, 2.24) is 29.1 Å². The first-order chi connectivity index (χ1) is 19.9. The Kier molecular flexibility index (Phi) is 8.43. The average molecular weight is 633 g/mol. The van der Waals surface area contributed by atoms with Gasteiger partial charge in [-0.25, -0.2) is 19.1 Å². The molecule has 1 aliphatic heterocycles. The quantitative estimate of drug-likeness (QED) is 0.272. The molecule has 2 aromatic heterocycles. The largest absolute Gasteiger partial charge is 0.416 e. The van der Waals surface area contributed by atoms with Crippen LogP contribution in [0.15, 0.2) is 53.3 Å². The summed E-state index contributed by atoms with van der Waals surface area (Å²) in [5, 5.41) is 18.5. The molecule has 0 spiro atoms. The fourth-order valence-electron chi connectivity index (χ4n) is 4.60. The van der Waals surface area contributed by atoms with Crippen molar-refractivity contribution in [2.24, 2.45) is 5.92 Å². The minimum atomic E-state index is -5.02. The summed E-state index contributed by atoms with van der Waals surface area (Å²) < 4.78 is 78.8. The number of para-hydroxylation sites is 1. The third kappa shape index (κ3) is 6.07. The van der Waals surface area contributed by atoms with Gasteiger partial charge in [0.05, 0.1) is 17.3 Å². The fraction of sp³-hybridized carbons (Fsp3) is 0.385. The highest BCUT2D eigenvalue weighted by Gasteiger charge is 2.47. The summed E-state index contributed by atoms with van der Waals surface area (Å²) in [4.78, 5) is 17.4. The van der Waals surface area contributed by atoms with Gasteiger partial charge in [0, 0.05) is 29.7 Å². The van der Waals surface area contributed by atoms with Gasteiger partial charge in [-0.1, -0.05) is 35.3 Å². The van der Waals surface area contributed by atoms with E-state index in [1.54, 1.807) is 12.1 Å². The number of rotatable bonds is 8. The van der Waals surface area contributed by atoms with Crippen molar-refractivity contribution in [3.63, 3.8) is 0 Å². The molecule has 0 aliphatic carbocycles. The number of hydrogen-bond donors (Lipinski definition) is 1. The smallest absolute Gasteiger partial charge is 0.382 e. The Bertz CT molecular complexity index is 1610. The lowest BCUT2D eigenvalue weighted by molar-refractivity contribution is -0.207. The first kappa shape index (κ1) is 30.1. The Morgan fingerprint density at radius 3 is 2.31 bits per heavy atom. The van der Waals surface area contributed by atoms with Crippen LogP contribution in [-0.2, 0) is 23.7 Å². The third-order valence-corrected chi connectivity index (χ3v) is 7.39. The fourth-order valence-corrected chi connectivity index (χ4v) is 4.94. The summed E-state index contributed by atoms with van der Waals surface area (Å²) in [7, 11) is 0. The van der Waals surface area contributed by atoms with Crippen molar-refractivity contribution in [2.75, 3.05) is 13.2 Å². The second-order valence-electron chi connectivity index (χ2n) is 9.66. The number of nitrogens with zero attached hydrogens (tertiary/aromatic N) is 6. The van der Waals surface area contributed by atoms with Gasteiger partial charge < -0.3 is 9.84 Å². The number of aliphatic hydroxyl groups is 1. The maximum Gasteiger partial charge on any atom is 0.416 e. The molecule has 4 aromatic rings. The molecule has 1 aliphatic rings. The molecule has 0 unspecified atom stereocenters. The molecule has 42 heavy (non-hydrogen) atoms. The molecule has 0 bridgehead atoms. The van der Waals surface area contributed by atoms with Crippen LogP contribution in [0.5, 0.6) is 0 Å². The number of aromatic nitrogens is 6. The molecule has 1 N–H and O–H groups in total. The molecule has 1 fully saturated rings. The van der Waals surface area contributed by atoms with Gasteiger partial charge in [-0.2, -0.15) is 22.0 Å². The van der Waals surface area contributed by atoms with E-state index in [0.29, 0.717) is 9.59 Å². The summed E-state index contributed by atoms with van der Waals surface area (Å²) in [6, 6.07) is 11.9. The van der Waals surface area contributed by atoms with Crippen LogP contribution in [0, 0.1) is 5.92 Å². The molecule has 5 rings (SSSR count). The summed E-state index contributed by atoms with van der Waals surface area (Å²) in [6.45, 7) is -1.42. The predicted octanol–water partition coefficient (Wildman–Crippen LogP) is 5.09. The molecule has 0 amide bonds. The molecular weight excluding hydrogens is 610 g/mol. The Morgan fingerprint density at radius 1 is 1.00 bits per heavy atom. The Morgan fingerprint density at radius 2 is 1.67 bits per heavy atom. The molecule has 9 nitrogen and oxygen atoms in total. The van der Waals surface area contributed by atoms with Gasteiger partial charge in [0.2, 0.25) is 5.82 Å². The minimum Gasteiger partial charge on any atom is -0.382 e. The molecule has 0 saturated carbocycles. The number of benzene rings is 2. The molecular formula is C26H23Cl2F5N6O3. The van der Waals surface area contributed by atoms with Crippen LogP contribution in [0.25, 0.3) is 17.1 Å². The van der Waals surface area contributed by atoms with Gasteiger partial charge in [0.1, 0.15) is 6.54 Å². The highest BCUT2D eigenvalue weighted by molar-refractivity contribution is 6.32. The lowest BCUT2D eigenvalue weighted by Gasteiger charge is -2.29. The van der Waals surface area contributed by atoms with Crippen LogP contribution >= 0.6 is 23.2 Å².